The number of para-hydroxylation sites is 3. The Balaban J connectivity index is 1.40. The molecule has 1 fully saturated rings. The molecule has 31 heavy (non-hydrogen) atoms. The molecular weight excluding hydrogens is 388 g/mol. The summed E-state index contributed by atoms with van der Waals surface area (Å²) in [4.78, 5) is 27.6. The highest BCUT2D eigenvalue weighted by atomic mass is 16.5. The molecule has 1 N–H and O–H groups in total. The van der Waals surface area contributed by atoms with Gasteiger partial charge >= 0.3 is 0 Å². The minimum absolute atomic E-state index is 0.0234. The quantitative estimate of drug-likeness (QED) is 0.589. The van der Waals surface area contributed by atoms with Gasteiger partial charge in [0, 0.05) is 13.0 Å². The molecule has 1 aliphatic heterocycles. The Hall–Kier alpha value is -3.60. The summed E-state index contributed by atoms with van der Waals surface area (Å²) in [5, 5.41) is 2.97. The number of carbonyl (C=O) groups is 2. The van der Waals surface area contributed by atoms with Gasteiger partial charge in [-0.15, -0.1) is 0 Å². The van der Waals surface area contributed by atoms with E-state index in [1.165, 1.54) is 0 Å². The predicted octanol–water partition coefficient (Wildman–Crippen LogP) is 5.04. The molecule has 0 radical (unpaired) electrons. The number of likely N-dealkylation sites (tertiary alicyclic amines) is 1. The fourth-order valence-electron chi connectivity index (χ4n) is 3.87. The molecule has 2 amide bonds. The van der Waals surface area contributed by atoms with Crippen molar-refractivity contribution >= 4 is 17.5 Å². The number of ether oxygens (including phenoxy) is 1. The van der Waals surface area contributed by atoms with Crippen molar-refractivity contribution in [3.05, 3.63) is 90.5 Å². The second-order valence-electron chi connectivity index (χ2n) is 7.63. The number of nitrogens with zero attached hydrogens (tertiary/aromatic N) is 1. The maximum atomic E-state index is 13.0. The van der Waals surface area contributed by atoms with Crippen molar-refractivity contribution in [1.29, 1.82) is 0 Å². The van der Waals surface area contributed by atoms with Crippen molar-refractivity contribution in [2.45, 2.75) is 31.7 Å². The molecule has 0 bridgehead atoms. The summed E-state index contributed by atoms with van der Waals surface area (Å²) in [6, 6.07) is 26.3. The molecular formula is C26H26N2O3. The van der Waals surface area contributed by atoms with Gasteiger partial charge < -0.3 is 15.0 Å². The van der Waals surface area contributed by atoms with Crippen LogP contribution in [0.5, 0.6) is 11.5 Å². The van der Waals surface area contributed by atoms with Gasteiger partial charge in [-0.3, -0.25) is 9.59 Å². The molecule has 1 heterocycles. The molecule has 0 spiro atoms. The van der Waals surface area contributed by atoms with Gasteiger partial charge in [-0.2, -0.15) is 0 Å². The minimum atomic E-state index is -0.451. The first-order valence-corrected chi connectivity index (χ1v) is 10.7. The molecule has 0 aromatic heterocycles. The smallest absolute Gasteiger partial charge is 0.247 e. The van der Waals surface area contributed by atoms with E-state index >= 15 is 0 Å². The number of hydrogen-bond acceptors (Lipinski definition) is 3. The van der Waals surface area contributed by atoms with Crippen LogP contribution in [0.15, 0.2) is 84.9 Å². The maximum absolute atomic E-state index is 13.0. The third-order valence-electron chi connectivity index (χ3n) is 5.46. The Kier molecular flexibility index (Phi) is 6.62. The van der Waals surface area contributed by atoms with Gasteiger partial charge in [-0.05, 0) is 49.1 Å². The van der Waals surface area contributed by atoms with E-state index in [0.717, 1.165) is 12.0 Å². The maximum Gasteiger partial charge on any atom is 0.247 e. The lowest BCUT2D eigenvalue weighted by Crippen LogP contribution is -2.43. The minimum Gasteiger partial charge on any atom is -0.455 e. The first kappa shape index (κ1) is 20.7. The first-order valence-electron chi connectivity index (χ1n) is 10.7. The summed E-state index contributed by atoms with van der Waals surface area (Å²) in [5.41, 5.74) is 1.72. The van der Waals surface area contributed by atoms with Crippen LogP contribution in [-0.4, -0.2) is 29.3 Å². The second kappa shape index (κ2) is 9.94. The van der Waals surface area contributed by atoms with E-state index in [1.54, 1.807) is 4.90 Å². The molecule has 3 aromatic carbocycles. The number of rotatable bonds is 7. The monoisotopic (exact) mass is 414 g/mol. The topological polar surface area (TPSA) is 58.6 Å². The van der Waals surface area contributed by atoms with Crippen molar-refractivity contribution in [2.24, 2.45) is 0 Å². The van der Waals surface area contributed by atoms with Gasteiger partial charge in [0.15, 0.2) is 5.75 Å². The van der Waals surface area contributed by atoms with Crippen LogP contribution in [0.3, 0.4) is 0 Å². The van der Waals surface area contributed by atoms with E-state index in [0.29, 0.717) is 43.0 Å². The zero-order valence-electron chi connectivity index (χ0n) is 17.4. The van der Waals surface area contributed by atoms with E-state index in [9.17, 15) is 9.59 Å². The molecule has 4 rings (SSSR count). The summed E-state index contributed by atoms with van der Waals surface area (Å²) < 4.78 is 5.94. The Bertz CT molecular complexity index is 1020. The lowest BCUT2D eigenvalue weighted by atomic mass is 10.1. The van der Waals surface area contributed by atoms with Gasteiger partial charge in [0.1, 0.15) is 11.8 Å². The van der Waals surface area contributed by atoms with Crippen LogP contribution in [0.2, 0.25) is 0 Å². The Morgan fingerprint density at radius 3 is 2.35 bits per heavy atom. The van der Waals surface area contributed by atoms with E-state index in [2.05, 4.69) is 5.32 Å². The Morgan fingerprint density at radius 1 is 0.903 bits per heavy atom. The van der Waals surface area contributed by atoms with Gasteiger partial charge in [0.25, 0.3) is 0 Å². The molecule has 1 saturated heterocycles. The summed E-state index contributed by atoms with van der Waals surface area (Å²) in [6.45, 7) is 0.619. The van der Waals surface area contributed by atoms with E-state index < -0.39 is 6.04 Å². The van der Waals surface area contributed by atoms with Crippen LogP contribution < -0.4 is 10.1 Å². The van der Waals surface area contributed by atoms with E-state index in [4.69, 9.17) is 4.74 Å². The second-order valence-corrected chi connectivity index (χ2v) is 7.63. The van der Waals surface area contributed by atoms with Crippen molar-refractivity contribution in [3.63, 3.8) is 0 Å². The SMILES string of the molecule is O=C(Nc1ccccc1Oc1ccccc1)C1CCCN1C(=O)CCc1ccccc1. The number of aryl methyl sites for hydroxylation is 1. The van der Waals surface area contributed by atoms with Crippen LogP contribution in [-0.2, 0) is 16.0 Å². The summed E-state index contributed by atoms with van der Waals surface area (Å²) in [5.74, 6) is 1.12. The van der Waals surface area contributed by atoms with Crippen molar-refractivity contribution in [2.75, 3.05) is 11.9 Å². The fourth-order valence-corrected chi connectivity index (χ4v) is 3.87. The predicted molar refractivity (Wildman–Crippen MR) is 121 cm³/mol. The third-order valence-corrected chi connectivity index (χ3v) is 5.46. The lowest BCUT2D eigenvalue weighted by Gasteiger charge is -2.24. The summed E-state index contributed by atoms with van der Waals surface area (Å²) >= 11 is 0. The van der Waals surface area contributed by atoms with E-state index in [-0.39, 0.29) is 11.8 Å². The zero-order chi connectivity index (χ0) is 21.5. The highest BCUT2D eigenvalue weighted by Gasteiger charge is 2.34. The zero-order valence-corrected chi connectivity index (χ0v) is 17.4. The van der Waals surface area contributed by atoms with Gasteiger partial charge in [-0.1, -0.05) is 60.7 Å². The van der Waals surface area contributed by atoms with Crippen LogP contribution >= 0.6 is 0 Å². The normalized spacial score (nSPS) is 15.5. The number of hydrogen-bond donors (Lipinski definition) is 1. The summed E-state index contributed by atoms with van der Waals surface area (Å²) in [7, 11) is 0. The highest BCUT2D eigenvalue weighted by molar-refractivity contribution is 5.98. The average Bonchev–Trinajstić information content (AvgIpc) is 3.30. The number of amides is 2. The summed E-state index contributed by atoms with van der Waals surface area (Å²) in [6.07, 6.45) is 2.59. The molecule has 1 atom stereocenters. The van der Waals surface area contributed by atoms with Gasteiger partial charge in [-0.25, -0.2) is 0 Å². The largest absolute Gasteiger partial charge is 0.455 e. The van der Waals surface area contributed by atoms with Crippen LogP contribution in [0.25, 0.3) is 0 Å². The standard InChI is InChI=1S/C26H26N2O3/c29-25(18-17-20-10-3-1-4-11-20)28-19-9-15-23(28)26(30)27-22-14-7-8-16-24(22)31-21-12-5-2-6-13-21/h1-8,10-14,16,23H,9,15,17-19H2,(H,27,30). The molecule has 3 aromatic rings. The molecule has 0 saturated carbocycles. The van der Waals surface area contributed by atoms with Crippen LogP contribution in [0.4, 0.5) is 5.69 Å². The fraction of sp³-hybridized carbons (Fsp3) is 0.231. The molecule has 5 nitrogen and oxygen atoms in total. The van der Waals surface area contributed by atoms with E-state index in [1.807, 2.05) is 84.9 Å². The molecule has 5 heteroatoms. The number of benzene rings is 3. The van der Waals surface area contributed by atoms with Crippen molar-refractivity contribution in [1.82, 2.24) is 4.90 Å². The molecule has 1 unspecified atom stereocenters. The van der Waals surface area contributed by atoms with Crippen LogP contribution in [0, 0.1) is 0 Å². The van der Waals surface area contributed by atoms with Crippen molar-refractivity contribution in [3.8, 4) is 11.5 Å². The molecule has 158 valence electrons. The van der Waals surface area contributed by atoms with Crippen LogP contribution in [0.1, 0.15) is 24.8 Å². The number of anilines is 1. The Labute approximate surface area is 182 Å². The third kappa shape index (κ3) is 5.31. The lowest BCUT2D eigenvalue weighted by molar-refractivity contribution is -0.136. The number of carbonyl (C=O) groups excluding carboxylic acids is 2. The molecule has 0 aliphatic carbocycles. The molecule has 1 aliphatic rings. The van der Waals surface area contributed by atoms with Crippen molar-refractivity contribution < 1.29 is 14.3 Å². The number of nitrogens with one attached hydrogen (secondary N) is 1. The highest BCUT2D eigenvalue weighted by Crippen LogP contribution is 2.30. The van der Waals surface area contributed by atoms with Gasteiger partial charge in [0.2, 0.25) is 11.8 Å². The first-order chi connectivity index (χ1) is 15.2. The Morgan fingerprint density at radius 2 is 1.58 bits per heavy atom. The average molecular weight is 415 g/mol. The van der Waals surface area contributed by atoms with Gasteiger partial charge in [0.05, 0.1) is 5.69 Å².